The molecule has 0 saturated carbocycles. The van der Waals surface area contributed by atoms with Crippen LogP contribution in [0.5, 0.6) is 0 Å². The molecule has 0 aromatic carbocycles. The van der Waals surface area contributed by atoms with Crippen molar-refractivity contribution in [3.05, 3.63) is 26.9 Å². The number of halogens is 1. The largest absolute Gasteiger partial charge is 0.378 e. The molecule has 0 unspecified atom stereocenters. The number of hydrogen-bond donors (Lipinski definition) is 0. The molecule has 0 radical (unpaired) electrons. The van der Waals surface area contributed by atoms with Crippen molar-refractivity contribution >= 4 is 34.3 Å². The molecule has 0 spiro atoms. The van der Waals surface area contributed by atoms with Crippen LogP contribution in [-0.2, 0) is 11.3 Å². The Morgan fingerprint density at radius 1 is 1.50 bits per heavy atom. The van der Waals surface area contributed by atoms with E-state index in [9.17, 15) is 0 Å². The average Bonchev–Trinajstić information content (AvgIpc) is 2.74. The summed E-state index contributed by atoms with van der Waals surface area (Å²) in [6, 6.07) is 3.87. The van der Waals surface area contributed by atoms with Gasteiger partial charge in [0.15, 0.2) is 0 Å². The number of thiophene rings is 1. The molecule has 2 nitrogen and oxygen atoms in total. The van der Waals surface area contributed by atoms with Crippen molar-refractivity contribution in [3.8, 4) is 10.6 Å². The van der Waals surface area contributed by atoms with Crippen LogP contribution in [0.3, 0.4) is 0 Å². The SMILES string of the molecule is COCc1nc(-c2ccc(Cl)s2)cs1. The van der Waals surface area contributed by atoms with Crippen LogP contribution in [0, 0.1) is 0 Å². The lowest BCUT2D eigenvalue weighted by atomic mass is 10.4. The average molecular weight is 246 g/mol. The first kappa shape index (κ1) is 10.1. The summed E-state index contributed by atoms with van der Waals surface area (Å²) in [6.45, 7) is 0.573. The molecule has 0 fully saturated rings. The lowest BCUT2D eigenvalue weighted by molar-refractivity contribution is 0.184. The second kappa shape index (κ2) is 4.40. The van der Waals surface area contributed by atoms with Gasteiger partial charge in [0.1, 0.15) is 5.01 Å². The second-order valence-electron chi connectivity index (χ2n) is 2.66. The van der Waals surface area contributed by atoms with Gasteiger partial charge in [-0.1, -0.05) is 11.6 Å². The number of nitrogens with zero attached hydrogens (tertiary/aromatic N) is 1. The highest BCUT2D eigenvalue weighted by Crippen LogP contribution is 2.31. The van der Waals surface area contributed by atoms with Crippen LogP contribution in [-0.4, -0.2) is 12.1 Å². The van der Waals surface area contributed by atoms with Gasteiger partial charge in [0, 0.05) is 12.5 Å². The van der Waals surface area contributed by atoms with Crippen molar-refractivity contribution in [2.24, 2.45) is 0 Å². The summed E-state index contributed by atoms with van der Waals surface area (Å²) in [5.41, 5.74) is 0.985. The molecular formula is C9H8ClNOS2. The number of aromatic nitrogens is 1. The summed E-state index contributed by atoms with van der Waals surface area (Å²) >= 11 is 8.99. The summed E-state index contributed by atoms with van der Waals surface area (Å²) < 4.78 is 5.80. The molecule has 5 heteroatoms. The first-order valence-corrected chi connectivity index (χ1v) is 6.06. The summed E-state index contributed by atoms with van der Waals surface area (Å²) in [6.07, 6.45) is 0. The fourth-order valence-electron chi connectivity index (χ4n) is 1.07. The molecule has 74 valence electrons. The smallest absolute Gasteiger partial charge is 0.119 e. The van der Waals surface area contributed by atoms with E-state index < -0.39 is 0 Å². The quantitative estimate of drug-likeness (QED) is 0.823. The molecule has 2 rings (SSSR count). The molecule has 14 heavy (non-hydrogen) atoms. The Hall–Kier alpha value is -0.420. The third-order valence-corrected chi connectivity index (χ3v) is 3.72. The van der Waals surface area contributed by atoms with Gasteiger partial charge in [-0.2, -0.15) is 0 Å². The zero-order valence-corrected chi connectivity index (χ0v) is 9.88. The lowest BCUT2D eigenvalue weighted by Crippen LogP contribution is -1.84. The highest BCUT2D eigenvalue weighted by Gasteiger charge is 2.06. The molecule has 2 heterocycles. The van der Waals surface area contributed by atoms with Crippen molar-refractivity contribution < 1.29 is 4.74 Å². The summed E-state index contributed by atoms with van der Waals surface area (Å²) in [7, 11) is 1.67. The molecule has 0 amide bonds. The minimum absolute atomic E-state index is 0.573. The highest BCUT2D eigenvalue weighted by molar-refractivity contribution is 7.19. The lowest BCUT2D eigenvalue weighted by Gasteiger charge is -1.90. The maximum absolute atomic E-state index is 5.85. The molecule has 2 aromatic rings. The Kier molecular flexibility index (Phi) is 3.18. The van der Waals surface area contributed by atoms with Gasteiger partial charge in [0.25, 0.3) is 0 Å². The van der Waals surface area contributed by atoms with E-state index in [0.717, 1.165) is 19.9 Å². The Morgan fingerprint density at radius 2 is 2.36 bits per heavy atom. The standard InChI is InChI=1S/C9H8ClNOS2/c1-12-4-9-11-6(5-13-9)7-2-3-8(10)14-7/h2-3,5H,4H2,1H3. The molecule has 0 saturated heterocycles. The van der Waals surface area contributed by atoms with Gasteiger partial charge in [-0.3, -0.25) is 0 Å². The zero-order chi connectivity index (χ0) is 9.97. The van der Waals surface area contributed by atoms with Crippen LogP contribution in [0.4, 0.5) is 0 Å². The molecule has 0 N–H and O–H groups in total. The van der Waals surface area contributed by atoms with Gasteiger partial charge in [-0.25, -0.2) is 4.98 Å². The number of thiazole rings is 1. The molecule has 0 aliphatic carbocycles. The minimum Gasteiger partial charge on any atom is -0.378 e. The number of hydrogen-bond acceptors (Lipinski definition) is 4. The monoisotopic (exact) mass is 245 g/mol. The van der Waals surface area contributed by atoms with Crippen LogP contribution in [0.2, 0.25) is 4.34 Å². The Morgan fingerprint density at radius 3 is 3.00 bits per heavy atom. The maximum atomic E-state index is 5.85. The zero-order valence-electron chi connectivity index (χ0n) is 7.49. The molecule has 0 atom stereocenters. The minimum atomic E-state index is 0.573. The third-order valence-electron chi connectivity index (χ3n) is 1.65. The molecular weight excluding hydrogens is 238 g/mol. The molecule has 0 aliphatic heterocycles. The van der Waals surface area contributed by atoms with Gasteiger partial charge in [-0.15, -0.1) is 22.7 Å². The van der Waals surface area contributed by atoms with Gasteiger partial charge >= 0.3 is 0 Å². The van der Waals surface area contributed by atoms with Crippen LogP contribution in [0.1, 0.15) is 5.01 Å². The van der Waals surface area contributed by atoms with Crippen LogP contribution in [0.15, 0.2) is 17.5 Å². The van der Waals surface area contributed by atoms with Crippen molar-refractivity contribution in [2.75, 3.05) is 7.11 Å². The van der Waals surface area contributed by atoms with Crippen molar-refractivity contribution in [3.63, 3.8) is 0 Å². The fourth-order valence-corrected chi connectivity index (χ4v) is 2.91. The van der Waals surface area contributed by atoms with E-state index in [0.29, 0.717) is 6.61 Å². The van der Waals surface area contributed by atoms with E-state index in [1.165, 1.54) is 0 Å². The first-order valence-electron chi connectivity index (χ1n) is 3.98. The Balaban J connectivity index is 2.24. The van der Waals surface area contributed by atoms with Crippen molar-refractivity contribution in [1.82, 2.24) is 4.98 Å². The van der Waals surface area contributed by atoms with Crippen LogP contribution in [0.25, 0.3) is 10.6 Å². The van der Waals surface area contributed by atoms with Crippen molar-refractivity contribution in [1.29, 1.82) is 0 Å². The van der Waals surface area contributed by atoms with Crippen LogP contribution < -0.4 is 0 Å². The van der Waals surface area contributed by atoms with E-state index in [1.807, 2.05) is 17.5 Å². The highest BCUT2D eigenvalue weighted by atomic mass is 35.5. The van der Waals surface area contributed by atoms with Gasteiger partial charge < -0.3 is 4.74 Å². The van der Waals surface area contributed by atoms with E-state index >= 15 is 0 Å². The van der Waals surface area contributed by atoms with E-state index in [-0.39, 0.29) is 0 Å². The normalized spacial score (nSPS) is 10.7. The van der Waals surface area contributed by atoms with Gasteiger partial charge in [-0.05, 0) is 12.1 Å². The van der Waals surface area contributed by atoms with E-state index in [4.69, 9.17) is 16.3 Å². The van der Waals surface area contributed by atoms with Crippen molar-refractivity contribution in [2.45, 2.75) is 6.61 Å². The number of ether oxygens (including phenoxy) is 1. The third kappa shape index (κ3) is 2.15. The number of rotatable bonds is 3. The summed E-state index contributed by atoms with van der Waals surface area (Å²) in [5, 5.41) is 3.02. The second-order valence-corrected chi connectivity index (χ2v) is 5.32. The molecule has 0 bridgehead atoms. The topological polar surface area (TPSA) is 22.1 Å². The summed E-state index contributed by atoms with van der Waals surface area (Å²) in [5.74, 6) is 0. The van der Waals surface area contributed by atoms with Crippen LogP contribution >= 0.6 is 34.3 Å². The fraction of sp³-hybridized carbons (Fsp3) is 0.222. The van der Waals surface area contributed by atoms with Gasteiger partial charge in [0.05, 0.1) is 21.5 Å². The summed E-state index contributed by atoms with van der Waals surface area (Å²) in [4.78, 5) is 5.53. The Bertz CT molecular complexity index is 424. The molecule has 0 aliphatic rings. The predicted octanol–water partition coefficient (Wildman–Crippen LogP) is 3.67. The first-order chi connectivity index (χ1) is 6.79. The maximum Gasteiger partial charge on any atom is 0.119 e. The van der Waals surface area contributed by atoms with Gasteiger partial charge in [0.2, 0.25) is 0 Å². The predicted molar refractivity (Wildman–Crippen MR) is 61.2 cm³/mol. The van der Waals surface area contributed by atoms with E-state index in [1.54, 1.807) is 29.8 Å². The molecule has 2 aromatic heterocycles. The van der Waals surface area contributed by atoms with E-state index in [2.05, 4.69) is 4.98 Å². The number of methoxy groups -OCH3 is 1. The Labute approximate surface area is 95.1 Å².